The van der Waals surface area contributed by atoms with Crippen LogP contribution in [0.3, 0.4) is 0 Å². The van der Waals surface area contributed by atoms with Crippen LogP contribution in [0.2, 0.25) is 0 Å². The Bertz CT molecular complexity index is 927. The highest BCUT2D eigenvalue weighted by Crippen LogP contribution is 2.20. The summed E-state index contributed by atoms with van der Waals surface area (Å²) in [6, 6.07) is 4.13. The molecule has 0 radical (unpaired) electrons. The number of benzene rings is 1. The maximum absolute atomic E-state index is 14.0. The van der Waals surface area contributed by atoms with Crippen molar-refractivity contribution in [2.75, 3.05) is 17.6 Å². The molecule has 0 aliphatic rings. The first-order valence-corrected chi connectivity index (χ1v) is 10.0. The number of aromatic nitrogens is 2. The number of nitrogens with zero attached hydrogens (tertiary/aromatic N) is 3. The first kappa shape index (κ1) is 24.0. The van der Waals surface area contributed by atoms with Gasteiger partial charge in [-0.2, -0.15) is 8.78 Å². The Hall–Kier alpha value is -2.99. The summed E-state index contributed by atoms with van der Waals surface area (Å²) < 4.78 is 50.0. The summed E-state index contributed by atoms with van der Waals surface area (Å²) in [5, 5.41) is 0. The van der Waals surface area contributed by atoms with Gasteiger partial charge >= 0.3 is 12.3 Å². The van der Waals surface area contributed by atoms with Gasteiger partial charge in [0.1, 0.15) is 18.4 Å². The minimum absolute atomic E-state index is 0.0389. The maximum atomic E-state index is 14.0. The van der Waals surface area contributed by atoms with Crippen molar-refractivity contribution < 1.29 is 27.0 Å². The van der Waals surface area contributed by atoms with Crippen LogP contribution in [0.4, 0.5) is 18.9 Å². The van der Waals surface area contributed by atoms with Gasteiger partial charge in [-0.25, -0.2) is 24.0 Å². The van der Waals surface area contributed by atoms with Gasteiger partial charge < -0.3 is 0 Å². The third-order valence-electron chi connectivity index (χ3n) is 3.27. The molecule has 1 aromatic carbocycles. The lowest BCUT2D eigenvalue weighted by Gasteiger charge is -2.25. The summed E-state index contributed by atoms with van der Waals surface area (Å²) in [6.07, 6.45) is 3.40. The molecule has 0 saturated carbocycles. The van der Waals surface area contributed by atoms with E-state index in [0.29, 0.717) is 17.5 Å². The number of amides is 1. The van der Waals surface area contributed by atoms with Crippen molar-refractivity contribution in [3.8, 4) is 0 Å². The summed E-state index contributed by atoms with van der Waals surface area (Å²) >= 11 is 0. The SMILES string of the molecule is C=S(C)(=O)N(Cc1ccc(C=O)cc1F)c1cncnc1.CNNC(=O)C(F)F. The number of carbonyl (C=O) groups is 2. The number of nitrogens with one attached hydrogen (secondary N) is 2. The summed E-state index contributed by atoms with van der Waals surface area (Å²) in [5.74, 6) is 1.78. The Labute approximate surface area is 166 Å². The predicted octanol–water partition coefficient (Wildman–Crippen LogP) is 1.20. The van der Waals surface area contributed by atoms with Crippen LogP contribution in [0, 0.1) is 5.82 Å². The molecule has 29 heavy (non-hydrogen) atoms. The second-order valence-electron chi connectivity index (χ2n) is 5.60. The standard InChI is InChI=1S/C14H14FN3O2S.C3H6F2N2O/c1-21(2,20)18(13-6-16-10-17-7-13)8-12-4-3-11(9-19)5-14(12)15;1-6-7-3(8)2(4)5/h3-7,9-10H,1,8H2,2H3;2,6H,1H3,(H,7,8). The molecule has 1 aromatic heterocycles. The van der Waals surface area contributed by atoms with E-state index in [9.17, 15) is 27.0 Å². The van der Waals surface area contributed by atoms with Gasteiger partial charge in [-0.3, -0.25) is 19.3 Å². The monoisotopic (exact) mass is 431 g/mol. The lowest BCUT2D eigenvalue weighted by atomic mass is 10.1. The average Bonchev–Trinajstić information content (AvgIpc) is 2.67. The zero-order chi connectivity index (χ0) is 22.0. The van der Waals surface area contributed by atoms with Crippen molar-refractivity contribution in [1.82, 2.24) is 20.8 Å². The number of hydrogen-bond acceptors (Lipinski definition) is 6. The van der Waals surface area contributed by atoms with Gasteiger partial charge in [-0.05, 0) is 11.9 Å². The van der Waals surface area contributed by atoms with Gasteiger partial charge in [0.2, 0.25) is 0 Å². The predicted molar refractivity (Wildman–Crippen MR) is 104 cm³/mol. The van der Waals surface area contributed by atoms with Crippen LogP contribution in [0.15, 0.2) is 36.9 Å². The van der Waals surface area contributed by atoms with Crippen LogP contribution in [0.1, 0.15) is 15.9 Å². The first-order chi connectivity index (χ1) is 13.6. The van der Waals surface area contributed by atoms with E-state index >= 15 is 0 Å². The Morgan fingerprint density at radius 1 is 1.34 bits per heavy atom. The Kier molecular flexibility index (Phi) is 9.22. The van der Waals surface area contributed by atoms with Crippen LogP contribution in [-0.4, -0.2) is 52.0 Å². The minimum Gasteiger partial charge on any atom is -0.298 e. The van der Waals surface area contributed by atoms with E-state index in [1.165, 1.54) is 48.5 Å². The molecule has 0 fully saturated rings. The summed E-state index contributed by atoms with van der Waals surface area (Å²) in [4.78, 5) is 28.2. The maximum Gasteiger partial charge on any atom is 0.316 e. The molecular formula is C17H20F3N5O3S. The minimum atomic E-state index is -2.94. The van der Waals surface area contributed by atoms with Crippen LogP contribution in [-0.2, 0) is 21.0 Å². The molecule has 1 heterocycles. The second-order valence-corrected chi connectivity index (χ2v) is 7.96. The number of hydrogen-bond donors (Lipinski definition) is 2. The molecule has 0 aliphatic heterocycles. The molecule has 158 valence electrons. The van der Waals surface area contributed by atoms with E-state index in [-0.39, 0.29) is 12.1 Å². The fourth-order valence-corrected chi connectivity index (χ4v) is 2.92. The topological polar surface area (TPSA) is 104 Å². The number of aldehydes is 1. The highest BCUT2D eigenvalue weighted by molar-refractivity contribution is 8.00. The van der Waals surface area contributed by atoms with E-state index in [4.69, 9.17) is 0 Å². The molecule has 1 unspecified atom stereocenters. The van der Waals surface area contributed by atoms with Crippen LogP contribution >= 0.6 is 0 Å². The lowest BCUT2D eigenvalue weighted by molar-refractivity contribution is -0.132. The normalized spacial score (nSPS) is 12.3. The molecule has 0 saturated heterocycles. The summed E-state index contributed by atoms with van der Waals surface area (Å²) in [5.41, 5.74) is 4.82. The van der Waals surface area contributed by atoms with Crippen LogP contribution in [0.25, 0.3) is 0 Å². The largest absolute Gasteiger partial charge is 0.316 e. The Balaban J connectivity index is 0.000000447. The number of anilines is 1. The lowest BCUT2D eigenvalue weighted by Crippen LogP contribution is -2.38. The van der Waals surface area contributed by atoms with Gasteiger partial charge in [-0.1, -0.05) is 12.1 Å². The average molecular weight is 431 g/mol. The van der Waals surface area contributed by atoms with Crippen LogP contribution in [0.5, 0.6) is 0 Å². The van der Waals surface area contributed by atoms with Gasteiger partial charge in [-0.15, -0.1) is 0 Å². The van der Waals surface area contributed by atoms with Gasteiger partial charge in [0, 0.05) is 34.1 Å². The van der Waals surface area contributed by atoms with E-state index in [1.54, 1.807) is 5.43 Å². The third-order valence-corrected chi connectivity index (χ3v) is 4.55. The zero-order valence-electron chi connectivity index (χ0n) is 15.6. The van der Waals surface area contributed by atoms with Gasteiger partial charge in [0.15, 0.2) is 0 Å². The molecule has 8 nitrogen and oxygen atoms in total. The molecule has 1 atom stereocenters. The van der Waals surface area contributed by atoms with Crippen molar-refractivity contribution in [1.29, 1.82) is 0 Å². The molecule has 0 spiro atoms. The summed E-state index contributed by atoms with van der Waals surface area (Å²) in [6.45, 7) is 0.0389. The smallest absolute Gasteiger partial charge is 0.298 e. The fraction of sp³-hybridized carbons (Fsp3) is 0.235. The first-order valence-electron chi connectivity index (χ1n) is 7.93. The highest BCUT2D eigenvalue weighted by atomic mass is 32.2. The molecule has 0 aliphatic carbocycles. The second kappa shape index (κ2) is 11.1. The number of alkyl halides is 2. The molecular weight excluding hydrogens is 411 g/mol. The van der Waals surface area contributed by atoms with Gasteiger partial charge in [0.05, 0.1) is 24.6 Å². The molecule has 2 N–H and O–H groups in total. The van der Waals surface area contributed by atoms with Crippen molar-refractivity contribution in [2.24, 2.45) is 0 Å². The number of halogens is 3. The van der Waals surface area contributed by atoms with E-state index in [1.807, 2.05) is 0 Å². The van der Waals surface area contributed by atoms with Crippen molar-refractivity contribution in [3.05, 3.63) is 53.9 Å². The molecule has 2 aromatic rings. The van der Waals surface area contributed by atoms with Crippen LogP contribution < -0.4 is 15.2 Å². The zero-order valence-corrected chi connectivity index (χ0v) is 16.5. The quantitative estimate of drug-likeness (QED) is 0.388. The molecule has 12 heteroatoms. The molecule has 0 bridgehead atoms. The van der Waals surface area contributed by atoms with Crippen molar-refractivity contribution in [2.45, 2.75) is 13.0 Å². The molecule has 1 amide bonds. The summed E-state index contributed by atoms with van der Waals surface area (Å²) in [7, 11) is -1.30. The van der Waals surface area contributed by atoms with Gasteiger partial charge in [0.25, 0.3) is 0 Å². The molecule has 2 rings (SSSR count). The Morgan fingerprint density at radius 2 is 1.97 bits per heavy atom. The van der Waals surface area contributed by atoms with E-state index in [2.05, 4.69) is 21.3 Å². The number of hydrazine groups is 1. The van der Waals surface area contributed by atoms with E-state index in [0.717, 1.165) is 6.07 Å². The third kappa shape index (κ3) is 7.87. The number of carbonyl (C=O) groups excluding carboxylic acids is 2. The van der Waals surface area contributed by atoms with E-state index < -0.39 is 27.9 Å². The van der Waals surface area contributed by atoms with Crippen molar-refractivity contribution in [3.63, 3.8) is 0 Å². The Morgan fingerprint density at radius 3 is 2.38 bits per heavy atom. The van der Waals surface area contributed by atoms with Crippen molar-refractivity contribution >= 4 is 33.5 Å². The fourth-order valence-electron chi connectivity index (χ4n) is 1.97. The highest BCUT2D eigenvalue weighted by Gasteiger charge is 2.16. The number of rotatable bonds is 7.